The molecule has 0 atom stereocenters. The second-order valence-electron chi connectivity index (χ2n) is 3.12. The number of nitrogens with one attached hydrogen (secondary N) is 1. The minimum Gasteiger partial charge on any atom is -0.323 e. The average Bonchev–Trinajstić information content (AvgIpc) is 2.47. The van der Waals surface area contributed by atoms with Gasteiger partial charge in [-0.05, 0) is 11.6 Å². The van der Waals surface area contributed by atoms with Gasteiger partial charge < -0.3 is 5.32 Å². The van der Waals surface area contributed by atoms with E-state index in [9.17, 15) is 9.59 Å². The third-order valence-corrected chi connectivity index (χ3v) is 2.01. The summed E-state index contributed by atoms with van der Waals surface area (Å²) in [4.78, 5) is 22.1. The zero-order valence-corrected chi connectivity index (χ0v) is 7.49. The lowest BCUT2D eigenvalue weighted by molar-refractivity contribution is -0.121. The molecule has 0 radical (unpaired) electrons. The van der Waals surface area contributed by atoms with Crippen LogP contribution in [0.15, 0.2) is 36.0 Å². The summed E-state index contributed by atoms with van der Waals surface area (Å²) in [6.07, 6.45) is 1.66. The van der Waals surface area contributed by atoms with Crippen molar-refractivity contribution in [3.05, 3.63) is 41.6 Å². The van der Waals surface area contributed by atoms with Crippen LogP contribution in [-0.4, -0.2) is 11.7 Å². The molecule has 1 aromatic carbocycles. The Morgan fingerprint density at radius 3 is 2.43 bits per heavy atom. The van der Waals surface area contributed by atoms with E-state index in [1.807, 2.05) is 30.3 Å². The highest BCUT2D eigenvalue weighted by molar-refractivity contribution is 6.16. The van der Waals surface area contributed by atoms with Crippen LogP contribution >= 0.6 is 0 Å². The molecule has 0 aromatic heterocycles. The lowest BCUT2D eigenvalue weighted by Gasteiger charge is -1.95. The van der Waals surface area contributed by atoms with Crippen molar-refractivity contribution in [2.24, 2.45) is 0 Å². The van der Waals surface area contributed by atoms with Gasteiger partial charge in [0.2, 0.25) is 5.91 Å². The van der Waals surface area contributed by atoms with Gasteiger partial charge in [0.05, 0.1) is 12.1 Å². The first kappa shape index (κ1) is 8.69. The molecule has 0 bridgehead atoms. The van der Waals surface area contributed by atoms with Crippen molar-refractivity contribution < 1.29 is 9.59 Å². The molecule has 1 aliphatic heterocycles. The van der Waals surface area contributed by atoms with E-state index >= 15 is 0 Å². The van der Waals surface area contributed by atoms with Gasteiger partial charge in [-0.25, -0.2) is 0 Å². The average molecular weight is 187 g/mol. The fraction of sp³-hybridized carbons (Fsp3) is 0.0909. The standard InChI is InChI=1S/C11H9NO2/c13-10-7-11(14)12-9(10)6-8-4-2-1-3-5-8/h1-6H,7H2,(H,12,14)/b9-6+. The number of ketones is 1. The second kappa shape index (κ2) is 3.46. The topological polar surface area (TPSA) is 46.2 Å². The monoisotopic (exact) mass is 187 g/mol. The van der Waals surface area contributed by atoms with E-state index in [-0.39, 0.29) is 18.1 Å². The van der Waals surface area contributed by atoms with Crippen molar-refractivity contribution in [3.63, 3.8) is 0 Å². The number of Topliss-reactive ketones (excluding diaryl/α,β-unsaturated/α-hetero) is 1. The maximum Gasteiger partial charge on any atom is 0.232 e. The van der Waals surface area contributed by atoms with Crippen molar-refractivity contribution in [3.8, 4) is 0 Å². The third kappa shape index (κ3) is 1.71. The predicted octanol–water partition coefficient (Wildman–Crippen LogP) is 1.12. The molecular formula is C11H9NO2. The van der Waals surface area contributed by atoms with Gasteiger partial charge in [0, 0.05) is 0 Å². The van der Waals surface area contributed by atoms with Crippen molar-refractivity contribution in [1.29, 1.82) is 0 Å². The quantitative estimate of drug-likeness (QED) is 0.529. The van der Waals surface area contributed by atoms with Crippen LogP contribution in [0.4, 0.5) is 0 Å². The minimum absolute atomic E-state index is 0.0291. The van der Waals surface area contributed by atoms with E-state index < -0.39 is 0 Å². The number of allylic oxidation sites excluding steroid dienone is 1. The van der Waals surface area contributed by atoms with Crippen molar-refractivity contribution in [2.45, 2.75) is 6.42 Å². The first-order chi connectivity index (χ1) is 6.75. The lowest BCUT2D eigenvalue weighted by atomic mass is 10.1. The maximum absolute atomic E-state index is 11.2. The molecule has 1 heterocycles. The van der Waals surface area contributed by atoms with Gasteiger partial charge >= 0.3 is 0 Å². The van der Waals surface area contributed by atoms with Crippen LogP contribution in [-0.2, 0) is 9.59 Å². The van der Waals surface area contributed by atoms with Gasteiger partial charge in [0.15, 0.2) is 5.78 Å². The number of benzene rings is 1. The van der Waals surface area contributed by atoms with Crippen LogP contribution in [0.5, 0.6) is 0 Å². The van der Waals surface area contributed by atoms with Crippen LogP contribution in [0.25, 0.3) is 6.08 Å². The number of hydrogen-bond acceptors (Lipinski definition) is 2. The number of carbonyl (C=O) groups excluding carboxylic acids is 2. The Kier molecular flexibility index (Phi) is 2.14. The smallest absolute Gasteiger partial charge is 0.232 e. The maximum atomic E-state index is 11.2. The summed E-state index contributed by atoms with van der Waals surface area (Å²) in [5.74, 6) is -0.365. The zero-order valence-electron chi connectivity index (χ0n) is 7.49. The summed E-state index contributed by atoms with van der Waals surface area (Å²) < 4.78 is 0. The Morgan fingerprint density at radius 1 is 1.14 bits per heavy atom. The number of amides is 1. The van der Waals surface area contributed by atoms with E-state index in [2.05, 4.69) is 5.32 Å². The SMILES string of the molecule is O=C1CC(=O)/C(=C\c2ccccc2)N1. The molecule has 1 amide bonds. The molecule has 0 aliphatic carbocycles. The first-order valence-electron chi connectivity index (χ1n) is 4.35. The summed E-state index contributed by atoms with van der Waals surface area (Å²) in [5, 5.41) is 2.52. The summed E-state index contributed by atoms with van der Waals surface area (Å²) in [7, 11) is 0. The van der Waals surface area contributed by atoms with Crippen molar-refractivity contribution in [1.82, 2.24) is 5.32 Å². The summed E-state index contributed by atoms with van der Waals surface area (Å²) in [6, 6.07) is 9.42. The molecule has 0 spiro atoms. The van der Waals surface area contributed by atoms with Gasteiger partial charge in [-0.1, -0.05) is 30.3 Å². The molecule has 1 fully saturated rings. The molecule has 1 aliphatic rings. The number of rotatable bonds is 1. The van der Waals surface area contributed by atoms with Gasteiger partial charge in [-0.15, -0.1) is 0 Å². The predicted molar refractivity (Wildman–Crippen MR) is 52.2 cm³/mol. The summed E-state index contributed by atoms with van der Waals surface area (Å²) in [6.45, 7) is 0. The van der Waals surface area contributed by atoms with Crippen molar-refractivity contribution >= 4 is 17.8 Å². The van der Waals surface area contributed by atoms with Crippen LogP contribution in [0.3, 0.4) is 0 Å². The molecule has 1 aromatic rings. The molecule has 1 saturated heterocycles. The molecule has 14 heavy (non-hydrogen) atoms. The Labute approximate surface area is 81.4 Å². The molecule has 0 unspecified atom stereocenters. The molecule has 70 valence electrons. The Morgan fingerprint density at radius 2 is 1.86 bits per heavy atom. The summed E-state index contributed by atoms with van der Waals surface area (Å²) >= 11 is 0. The number of hydrogen-bond donors (Lipinski definition) is 1. The minimum atomic E-state index is -0.225. The molecule has 2 rings (SSSR count). The molecule has 1 N–H and O–H groups in total. The van der Waals surface area contributed by atoms with Gasteiger partial charge in [-0.3, -0.25) is 9.59 Å². The Bertz CT molecular complexity index is 407. The normalized spacial score (nSPS) is 18.7. The van der Waals surface area contributed by atoms with E-state index in [1.54, 1.807) is 6.08 Å². The van der Waals surface area contributed by atoms with E-state index in [0.29, 0.717) is 5.70 Å². The molecule has 3 heteroatoms. The van der Waals surface area contributed by atoms with Crippen LogP contribution in [0.1, 0.15) is 12.0 Å². The van der Waals surface area contributed by atoms with E-state index in [0.717, 1.165) is 5.56 Å². The Balaban J connectivity index is 2.28. The summed E-state index contributed by atoms with van der Waals surface area (Å²) in [5.41, 5.74) is 1.30. The highest BCUT2D eigenvalue weighted by atomic mass is 16.2. The van der Waals surface area contributed by atoms with Crippen LogP contribution in [0, 0.1) is 0 Å². The van der Waals surface area contributed by atoms with E-state index in [4.69, 9.17) is 0 Å². The Hall–Kier alpha value is -1.90. The first-order valence-corrected chi connectivity index (χ1v) is 4.35. The molecular weight excluding hydrogens is 178 g/mol. The van der Waals surface area contributed by atoms with Crippen LogP contribution in [0.2, 0.25) is 0 Å². The highest BCUT2D eigenvalue weighted by Crippen LogP contribution is 2.11. The van der Waals surface area contributed by atoms with Crippen molar-refractivity contribution in [2.75, 3.05) is 0 Å². The second-order valence-corrected chi connectivity index (χ2v) is 3.12. The number of carbonyl (C=O) groups is 2. The van der Waals surface area contributed by atoms with Gasteiger partial charge in [0.25, 0.3) is 0 Å². The third-order valence-electron chi connectivity index (χ3n) is 2.01. The molecule has 3 nitrogen and oxygen atoms in total. The fourth-order valence-corrected chi connectivity index (χ4v) is 1.34. The van der Waals surface area contributed by atoms with Crippen LogP contribution < -0.4 is 5.32 Å². The largest absolute Gasteiger partial charge is 0.323 e. The highest BCUT2D eigenvalue weighted by Gasteiger charge is 2.23. The zero-order chi connectivity index (χ0) is 9.97. The lowest BCUT2D eigenvalue weighted by Crippen LogP contribution is -2.12. The van der Waals surface area contributed by atoms with Gasteiger partial charge in [-0.2, -0.15) is 0 Å². The van der Waals surface area contributed by atoms with Gasteiger partial charge in [0.1, 0.15) is 0 Å². The van der Waals surface area contributed by atoms with E-state index in [1.165, 1.54) is 0 Å². The molecule has 0 saturated carbocycles. The fourth-order valence-electron chi connectivity index (χ4n) is 1.34.